The lowest BCUT2D eigenvalue weighted by atomic mass is 9.65. The van der Waals surface area contributed by atoms with Crippen molar-refractivity contribution in [3.63, 3.8) is 0 Å². The number of carbonyl (C=O) groups excluding carboxylic acids is 1. The molecule has 0 aliphatic heterocycles. The molecule has 1 rings (SSSR count). The van der Waals surface area contributed by atoms with Crippen LogP contribution in [0.2, 0.25) is 0 Å². The van der Waals surface area contributed by atoms with Crippen molar-refractivity contribution in [3.8, 4) is 0 Å². The number of amides is 2. The summed E-state index contributed by atoms with van der Waals surface area (Å²) in [6.45, 7) is 3.89. The highest BCUT2D eigenvalue weighted by molar-refractivity contribution is 5.74. The summed E-state index contributed by atoms with van der Waals surface area (Å²) in [4.78, 5) is 10.9. The predicted octanol–water partition coefficient (Wildman–Crippen LogP) is 0.0748. The molecule has 0 aromatic heterocycles. The van der Waals surface area contributed by atoms with Crippen molar-refractivity contribution in [1.29, 1.82) is 0 Å². The van der Waals surface area contributed by atoms with Crippen molar-refractivity contribution < 1.29 is 9.90 Å². The zero-order valence-corrected chi connectivity index (χ0v) is 7.72. The fraction of sp³-hybridized carbons (Fsp3) is 0.875. The van der Waals surface area contributed by atoms with Crippen molar-refractivity contribution in [2.24, 2.45) is 5.41 Å². The Morgan fingerprint density at radius 2 is 2.17 bits per heavy atom. The maximum Gasteiger partial charge on any atom is 0.314 e. The summed E-state index contributed by atoms with van der Waals surface area (Å²) in [5, 5.41) is 14.6. The van der Waals surface area contributed by atoms with Gasteiger partial charge >= 0.3 is 6.03 Å². The van der Waals surface area contributed by atoms with Gasteiger partial charge in [0.1, 0.15) is 0 Å². The molecular formula is C8H16N2O2. The molecule has 0 aromatic rings. The largest absolute Gasteiger partial charge is 0.392 e. The van der Waals surface area contributed by atoms with Crippen LogP contribution in [0.5, 0.6) is 0 Å². The third-order valence-corrected chi connectivity index (χ3v) is 2.75. The smallest absolute Gasteiger partial charge is 0.314 e. The van der Waals surface area contributed by atoms with Crippen molar-refractivity contribution in [2.45, 2.75) is 32.4 Å². The molecular weight excluding hydrogens is 156 g/mol. The molecule has 0 spiro atoms. The molecule has 0 radical (unpaired) electrons. The van der Waals surface area contributed by atoms with Gasteiger partial charge < -0.3 is 15.7 Å². The number of aliphatic hydroxyl groups excluding tert-OH is 1. The lowest BCUT2D eigenvalue weighted by Crippen LogP contribution is -2.62. The molecule has 1 saturated carbocycles. The van der Waals surface area contributed by atoms with Gasteiger partial charge in [0, 0.05) is 18.5 Å². The lowest BCUT2D eigenvalue weighted by Gasteiger charge is -2.49. The molecule has 1 aliphatic carbocycles. The number of nitrogens with one attached hydrogen (secondary N) is 2. The van der Waals surface area contributed by atoms with Crippen molar-refractivity contribution in [3.05, 3.63) is 0 Å². The average molecular weight is 172 g/mol. The number of aliphatic hydroxyl groups is 1. The van der Waals surface area contributed by atoms with Crippen molar-refractivity contribution in [2.75, 3.05) is 7.05 Å². The van der Waals surface area contributed by atoms with Gasteiger partial charge in [0.2, 0.25) is 0 Å². The minimum Gasteiger partial charge on any atom is -0.392 e. The Hall–Kier alpha value is -0.770. The van der Waals surface area contributed by atoms with Crippen LogP contribution in [0.25, 0.3) is 0 Å². The van der Waals surface area contributed by atoms with Crippen LogP contribution in [0.3, 0.4) is 0 Å². The molecule has 0 heterocycles. The van der Waals surface area contributed by atoms with Crippen molar-refractivity contribution >= 4 is 6.03 Å². The van der Waals surface area contributed by atoms with Crippen LogP contribution in [0.15, 0.2) is 0 Å². The van der Waals surface area contributed by atoms with E-state index in [1.165, 1.54) is 0 Å². The van der Waals surface area contributed by atoms with Gasteiger partial charge in [-0.25, -0.2) is 4.79 Å². The van der Waals surface area contributed by atoms with E-state index in [1.54, 1.807) is 7.05 Å². The lowest BCUT2D eigenvalue weighted by molar-refractivity contribution is -0.0677. The Morgan fingerprint density at radius 1 is 1.58 bits per heavy atom. The van der Waals surface area contributed by atoms with Crippen molar-refractivity contribution in [1.82, 2.24) is 10.6 Å². The van der Waals surface area contributed by atoms with E-state index < -0.39 is 0 Å². The first kappa shape index (κ1) is 9.32. The fourth-order valence-electron chi connectivity index (χ4n) is 1.38. The zero-order valence-electron chi connectivity index (χ0n) is 7.72. The Kier molecular flexibility index (Phi) is 2.28. The summed E-state index contributed by atoms with van der Waals surface area (Å²) in [5.74, 6) is 0. The second kappa shape index (κ2) is 2.94. The standard InChI is InChI=1S/C8H16N2O2/c1-8(2)5(4-6(8)11)10-7(12)9-3/h5-6,11H,4H2,1-3H3,(H2,9,10,12). The minimum absolute atomic E-state index is 0.0902. The van der Waals surface area contributed by atoms with E-state index in [1.807, 2.05) is 13.8 Å². The summed E-state index contributed by atoms with van der Waals surface area (Å²) in [7, 11) is 1.58. The van der Waals surface area contributed by atoms with Crippen LogP contribution in [-0.4, -0.2) is 30.3 Å². The van der Waals surface area contributed by atoms with Crippen LogP contribution in [0.4, 0.5) is 4.79 Å². The van der Waals surface area contributed by atoms with Gasteiger partial charge in [0.05, 0.1) is 6.10 Å². The zero-order chi connectivity index (χ0) is 9.35. The molecule has 2 unspecified atom stereocenters. The summed E-state index contributed by atoms with van der Waals surface area (Å²) in [6, 6.07) is -0.0903. The fourth-order valence-corrected chi connectivity index (χ4v) is 1.38. The quantitative estimate of drug-likeness (QED) is 0.524. The van der Waals surface area contributed by atoms with E-state index in [0.717, 1.165) is 0 Å². The SMILES string of the molecule is CNC(=O)NC1CC(O)C1(C)C. The Morgan fingerprint density at radius 3 is 2.50 bits per heavy atom. The molecule has 2 amide bonds. The number of rotatable bonds is 1. The molecule has 0 aromatic carbocycles. The Labute approximate surface area is 72.3 Å². The van der Waals surface area contributed by atoms with Gasteiger partial charge in [0.15, 0.2) is 0 Å². The first-order chi connectivity index (χ1) is 5.48. The highest BCUT2D eigenvalue weighted by atomic mass is 16.3. The van der Waals surface area contributed by atoms with Crippen LogP contribution < -0.4 is 10.6 Å². The molecule has 0 bridgehead atoms. The third-order valence-electron chi connectivity index (χ3n) is 2.75. The highest BCUT2D eigenvalue weighted by Gasteiger charge is 2.47. The van der Waals surface area contributed by atoms with Gasteiger partial charge in [-0.3, -0.25) is 0 Å². The van der Waals surface area contributed by atoms with Crippen LogP contribution >= 0.6 is 0 Å². The normalized spacial score (nSPS) is 32.0. The van der Waals surface area contributed by atoms with E-state index in [9.17, 15) is 9.90 Å². The maximum atomic E-state index is 10.9. The Bertz CT molecular complexity index is 191. The molecule has 3 N–H and O–H groups in total. The maximum absolute atomic E-state index is 10.9. The van der Waals surface area contributed by atoms with Gasteiger partial charge in [-0.15, -0.1) is 0 Å². The number of hydrogen-bond donors (Lipinski definition) is 3. The first-order valence-corrected chi connectivity index (χ1v) is 4.14. The molecule has 1 fully saturated rings. The first-order valence-electron chi connectivity index (χ1n) is 4.14. The number of carbonyl (C=O) groups is 1. The molecule has 70 valence electrons. The topological polar surface area (TPSA) is 61.4 Å². The molecule has 0 saturated heterocycles. The number of urea groups is 1. The van der Waals surface area contributed by atoms with Gasteiger partial charge in [-0.05, 0) is 6.42 Å². The number of hydrogen-bond acceptors (Lipinski definition) is 2. The van der Waals surface area contributed by atoms with Gasteiger partial charge in [-0.1, -0.05) is 13.8 Å². The Balaban J connectivity index is 2.42. The van der Waals surface area contributed by atoms with E-state index in [0.29, 0.717) is 6.42 Å². The molecule has 4 nitrogen and oxygen atoms in total. The van der Waals surface area contributed by atoms with Gasteiger partial charge in [-0.2, -0.15) is 0 Å². The monoisotopic (exact) mass is 172 g/mol. The summed E-state index contributed by atoms with van der Waals surface area (Å²) in [6.07, 6.45) is 0.361. The average Bonchev–Trinajstić information content (AvgIpc) is 2.03. The van der Waals surface area contributed by atoms with Crippen LogP contribution in [-0.2, 0) is 0 Å². The predicted molar refractivity (Wildman–Crippen MR) is 45.8 cm³/mol. The molecule has 2 atom stereocenters. The summed E-state index contributed by atoms with van der Waals surface area (Å²) < 4.78 is 0. The van der Waals surface area contributed by atoms with E-state index in [-0.39, 0.29) is 23.6 Å². The van der Waals surface area contributed by atoms with E-state index >= 15 is 0 Å². The summed E-state index contributed by atoms with van der Waals surface area (Å²) in [5.41, 5.74) is -0.188. The van der Waals surface area contributed by atoms with Crippen LogP contribution in [0.1, 0.15) is 20.3 Å². The minimum atomic E-state index is -0.292. The second-order valence-corrected chi connectivity index (χ2v) is 3.85. The molecule has 12 heavy (non-hydrogen) atoms. The molecule has 1 aliphatic rings. The van der Waals surface area contributed by atoms with Crippen LogP contribution in [0, 0.1) is 5.41 Å². The summed E-state index contributed by atoms with van der Waals surface area (Å²) >= 11 is 0. The molecule has 4 heteroatoms. The van der Waals surface area contributed by atoms with Gasteiger partial charge in [0.25, 0.3) is 0 Å². The van der Waals surface area contributed by atoms with E-state index in [2.05, 4.69) is 10.6 Å². The van der Waals surface area contributed by atoms with E-state index in [4.69, 9.17) is 0 Å². The second-order valence-electron chi connectivity index (χ2n) is 3.85. The highest BCUT2D eigenvalue weighted by Crippen LogP contribution is 2.40. The third kappa shape index (κ3) is 1.39.